The van der Waals surface area contributed by atoms with E-state index in [1.165, 1.54) is 34.4 Å². The molecule has 5 heteroatoms. The second-order valence-electron chi connectivity index (χ2n) is 4.94. The fraction of sp³-hybridized carbons (Fsp3) is 0.0588. The van der Waals surface area contributed by atoms with E-state index in [9.17, 15) is 9.90 Å². The third kappa shape index (κ3) is 2.91. The third-order valence-corrected chi connectivity index (χ3v) is 4.58. The molecule has 1 aliphatic heterocycles. The van der Waals surface area contributed by atoms with E-state index in [0.29, 0.717) is 14.9 Å². The van der Waals surface area contributed by atoms with Gasteiger partial charge in [-0.3, -0.25) is 9.69 Å². The second kappa shape index (κ2) is 5.94. The molecule has 1 fully saturated rings. The van der Waals surface area contributed by atoms with Crippen LogP contribution in [0.3, 0.4) is 0 Å². The predicted molar refractivity (Wildman–Crippen MR) is 94.9 cm³/mol. The summed E-state index contributed by atoms with van der Waals surface area (Å²) in [5.41, 5.74) is 2.80. The first-order valence-corrected chi connectivity index (χ1v) is 7.91. The van der Waals surface area contributed by atoms with Gasteiger partial charge in [0, 0.05) is 0 Å². The van der Waals surface area contributed by atoms with Crippen molar-refractivity contribution in [2.75, 3.05) is 4.90 Å². The van der Waals surface area contributed by atoms with E-state index in [2.05, 4.69) is 0 Å². The number of carbonyl (C=O) groups excluding carboxylic acids is 1. The Balaban J connectivity index is 1.91. The molecule has 2 aromatic rings. The zero-order valence-corrected chi connectivity index (χ0v) is 13.4. The Labute approximate surface area is 138 Å². The summed E-state index contributed by atoms with van der Waals surface area (Å²) in [5, 5.41) is 9.35. The van der Waals surface area contributed by atoms with Crippen LogP contribution in [0.4, 0.5) is 5.69 Å². The minimum atomic E-state index is -0.138. The number of hydrogen-bond acceptors (Lipinski definition) is 4. The molecule has 0 unspecified atom stereocenters. The third-order valence-electron chi connectivity index (χ3n) is 3.28. The van der Waals surface area contributed by atoms with Gasteiger partial charge < -0.3 is 5.11 Å². The van der Waals surface area contributed by atoms with Crippen molar-refractivity contribution in [3.05, 3.63) is 64.6 Å². The van der Waals surface area contributed by atoms with Gasteiger partial charge in [0.05, 0.1) is 10.6 Å². The Morgan fingerprint density at radius 2 is 1.73 bits per heavy atom. The van der Waals surface area contributed by atoms with Crippen LogP contribution in [0.2, 0.25) is 0 Å². The van der Waals surface area contributed by atoms with Gasteiger partial charge >= 0.3 is 0 Å². The van der Waals surface area contributed by atoms with Crippen molar-refractivity contribution >= 4 is 46.0 Å². The number of benzene rings is 2. The second-order valence-corrected chi connectivity index (χ2v) is 6.62. The summed E-state index contributed by atoms with van der Waals surface area (Å²) >= 11 is 6.60. The molecular weight excluding hydrogens is 314 g/mol. The lowest BCUT2D eigenvalue weighted by atomic mass is 10.1. The van der Waals surface area contributed by atoms with Crippen LogP contribution in [0.15, 0.2) is 53.4 Å². The van der Waals surface area contributed by atoms with E-state index in [1.807, 2.05) is 37.3 Å². The Kier molecular flexibility index (Phi) is 4.00. The Bertz CT molecular complexity index is 764. The van der Waals surface area contributed by atoms with Crippen molar-refractivity contribution in [3.8, 4) is 5.75 Å². The maximum atomic E-state index is 12.6. The van der Waals surface area contributed by atoms with Crippen molar-refractivity contribution in [1.29, 1.82) is 0 Å². The summed E-state index contributed by atoms with van der Waals surface area (Å²) in [7, 11) is 0. The highest BCUT2D eigenvalue weighted by atomic mass is 32.2. The molecule has 0 spiro atoms. The molecule has 1 saturated heterocycles. The van der Waals surface area contributed by atoms with Gasteiger partial charge in [0.15, 0.2) is 4.32 Å². The van der Waals surface area contributed by atoms with Crippen molar-refractivity contribution in [3.63, 3.8) is 0 Å². The number of amides is 1. The van der Waals surface area contributed by atoms with Crippen LogP contribution in [0.1, 0.15) is 11.1 Å². The molecule has 3 nitrogen and oxygen atoms in total. The first kappa shape index (κ1) is 14.8. The lowest BCUT2D eigenvalue weighted by molar-refractivity contribution is -0.113. The maximum absolute atomic E-state index is 12.6. The average molecular weight is 327 g/mol. The Hall–Kier alpha value is -2.11. The number of thiocarbonyl (C=S) groups is 1. The molecule has 2 aromatic carbocycles. The van der Waals surface area contributed by atoms with Crippen LogP contribution in [0.25, 0.3) is 6.08 Å². The first-order valence-electron chi connectivity index (χ1n) is 6.68. The fourth-order valence-corrected chi connectivity index (χ4v) is 3.41. The number of phenols is 1. The van der Waals surface area contributed by atoms with Gasteiger partial charge in [0.1, 0.15) is 5.75 Å². The smallest absolute Gasteiger partial charge is 0.270 e. The molecular formula is C17H13NO2S2. The SMILES string of the molecule is Cc1ccc(/C=C2\SC(=S)N(c3ccc(O)cc3)C2=O)cc1. The number of rotatable bonds is 2. The van der Waals surface area contributed by atoms with E-state index < -0.39 is 0 Å². The molecule has 3 rings (SSSR count). The average Bonchev–Trinajstić information content (AvgIpc) is 2.77. The Morgan fingerprint density at radius 1 is 1.09 bits per heavy atom. The van der Waals surface area contributed by atoms with Crippen molar-refractivity contribution in [1.82, 2.24) is 0 Å². The van der Waals surface area contributed by atoms with Gasteiger partial charge in [0.25, 0.3) is 5.91 Å². The van der Waals surface area contributed by atoms with Crippen molar-refractivity contribution in [2.45, 2.75) is 6.92 Å². The highest BCUT2D eigenvalue weighted by Gasteiger charge is 2.33. The molecule has 0 bridgehead atoms. The van der Waals surface area contributed by atoms with Crippen LogP contribution >= 0.6 is 24.0 Å². The monoisotopic (exact) mass is 327 g/mol. The minimum absolute atomic E-state index is 0.138. The topological polar surface area (TPSA) is 40.5 Å². The molecule has 1 heterocycles. The molecule has 110 valence electrons. The highest BCUT2D eigenvalue weighted by Crippen LogP contribution is 2.36. The Morgan fingerprint density at radius 3 is 2.36 bits per heavy atom. The molecule has 0 saturated carbocycles. The molecule has 0 atom stereocenters. The van der Waals surface area contributed by atoms with Crippen LogP contribution in [-0.4, -0.2) is 15.3 Å². The number of anilines is 1. The summed E-state index contributed by atoms with van der Waals surface area (Å²) in [6, 6.07) is 14.4. The minimum Gasteiger partial charge on any atom is -0.508 e. The van der Waals surface area contributed by atoms with E-state index in [1.54, 1.807) is 12.1 Å². The van der Waals surface area contributed by atoms with Crippen molar-refractivity contribution in [2.24, 2.45) is 0 Å². The molecule has 1 aliphatic rings. The van der Waals surface area contributed by atoms with Gasteiger partial charge in [-0.15, -0.1) is 0 Å². The summed E-state index contributed by atoms with van der Waals surface area (Å²) in [5.74, 6) is 0.0191. The molecule has 0 aliphatic carbocycles. The van der Waals surface area contributed by atoms with Crippen LogP contribution in [0.5, 0.6) is 5.75 Å². The molecule has 1 amide bonds. The molecule has 22 heavy (non-hydrogen) atoms. The van der Waals surface area contributed by atoms with Gasteiger partial charge in [-0.2, -0.15) is 0 Å². The lowest BCUT2D eigenvalue weighted by Gasteiger charge is -2.14. The molecule has 1 N–H and O–H groups in total. The number of hydrogen-bond donors (Lipinski definition) is 1. The zero-order chi connectivity index (χ0) is 15.7. The summed E-state index contributed by atoms with van der Waals surface area (Å²) < 4.78 is 0.494. The number of aromatic hydroxyl groups is 1. The van der Waals surface area contributed by atoms with E-state index in [0.717, 1.165) is 5.56 Å². The molecule has 0 radical (unpaired) electrons. The summed E-state index contributed by atoms with van der Waals surface area (Å²) in [4.78, 5) is 14.6. The first-order chi connectivity index (χ1) is 10.5. The standard InChI is InChI=1S/C17H13NO2S2/c1-11-2-4-12(5-3-11)10-15-16(20)18(17(21)22-15)13-6-8-14(19)9-7-13/h2-10,19H,1H3/b15-10-. The largest absolute Gasteiger partial charge is 0.508 e. The zero-order valence-electron chi connectivity index (χ0n) is 11.8. The number of thioether (sulfide) groups is 1. The van der Waals surface area contributed by atoms with Gasteiger partial charge in [0.2, 0.25) is 0 Å². The normalized spacial score (nSPS) is 16.6. The van der Waals surface area contributed by atoms with E-state index in [-0.39, 0.29) is 11.7 Å². The van der Waals surface area contributed by atoms with Crippen LogP contribution in [-0.2, 0) is 4.79 Å². The number of carbonyl (C=O) groups is 1. The molecule has 0 aromatic heterocycles. The summed E-state index contributed by atoms with van der Waals surface area (Å²) in [6.07, 6.45) is 1.85. The van der Waals surface area contributed by atoms with Gasteiger partial charge in [-0.1, -0.05) is 53.8 Å². The number of aryl methyl sites for hydroxylation is 1. The highest BCUT2D eigenvalue weighted by molar-refractivity contribution is 8.27. The fourth-order valence-electron chi connectivity index (χ4n) is 2.11. The van der Waals surface area contributed by atoms with Gasteiger partial charge in [-0.25, -0.2) is 0 Å². The lowest BCUT2D eigenvalue weighted by Crippen LogP contribution is -2.27. The number of nitrogens with zero attached hydrogens (tertiary/aromatic N) is 1. The van der Waals surface area contributed by atoms with E-state index >= 15 is 0 Å². The van der Waals surface area contributed by atoms with Crippen LogP contribution < -0.4 is 4.90 Å². The van der Waals surface area contributed by atoms with E-state index in [4.69, 9.17) is 12.2 Å². The summed E-state index contributed by atoms with van der Waals surface area (Å²) in [6.45, 7) is 2.02. The number of phenolic OH excluding ortho intramolecular Hbond substituents is 1. The predicted octanol–water partition coefficient (Wildman–Crippen LogP) is 4.11. The quantitative estimate of drug-likeness (QED) is 0.666. The maximum Gasteiger partial charge on any atom is 0.270 e. The van der Waals surface area contributed by atoms with Gasteiger partial charge in [-0.05, 0) is 42.8 Å². The van der Waals surface area contributed by atoms with Crippen LogP contribution in [0, 0.1) is 6.92 Å². The van der Waals surface area contributed by atoms with Crippen molar-refractivity contribution < 1.29 is 9.90 Å².